The van der Waals surface area contributed by atoms with Gasteiger partial charge in [-0.2, -0.15) is 0 Å². The maximum absolute atomic E-state index is 5.50. The van der Waals surface area contributed by atoms with E-state index >= 15 is 0 Å². The molecular weight excluding hydrogens is 180 g/mol. The third kappa shape index (κ3) is 2.14. The Kier molecular flexibility index (Phi) is 3.40. The molecule has 0 bridgehead atoms. The Hall–Kier alpha value is -0.710. The van der Waals surface area contributed by atoms with Crippen LogP contribution in [0.4, 0.5) is 0 Å². The van der Waals surface area contributed by atoms with Crippen molar-refractivity contribution in [3.8, 4) is 0 Å². The standard InChI is InChI=1S/C7H9ClN2O2/c1-11-6(12-2)5-3-9-7(8)10-4-5/h3-4,6H,1-2H3. The summed E-state index contributed by atoms with van der Waals surface area (Å²) in [7, 11) is 3.09. The van der Waals surface area contributed by atoms with Crippen LogP contribution in [0.5, 0.6) is 0 Å². The summed E-state index contributed by atoms with van der Waals surface area (Å²) < 4.78 is 9.96. The van der Waals surface area contributed by atoms with Crippen molar-refractivity contribution in [3.05, 3.63) is 23.2 Å². The normalized spacial score (nSPS) is 10.7. The van der Waals surface area contributed by atoms with Gasteiger partial charge in [0.15, 0.2) is 6.29 Å². The molecule has 1 aromatic heterocycles. The van der Waals surface area contributed by atoms with Gasteiger partial charge in [0, 0.05) is 32.2 Å². The van der Waals surface area contributed by atoms with Gasteiger partial charge < -0.3 is 9.47 Å². The minimum absolute atomic E-state index is 0.213. The predicted molar refractivity (Wildman–Crippen MR) is 43.8 cm³/mol. The monoisotopic (exact) mass is 188 g/mol. The topological polar surface area (TPSA) is 44.2 Å². The van der Waals surface area contributed by atoms with E-state index < -0.39 is 6.29 Å². The zero-order valence-corrected chi connectivity index (χ0v) is 7.58. The van der Waals surface area contributed by atoms with Crippen molar-refractivity contribution in [1.82, 2.24) is 9.97 Å². The highest BCUT2D eigenvalue weighted by atomic mass is 35.5. The van der Waals surface area contributed by atoms with E-state index in [1.807, 2.05) is 0 Å². The lowest BCUT2D eigenvalue weighted by molar-refractivity contribution is -0.106. The van der Waals surface area contributed by atoms with E-state index in [9.17, 15) is 0 Å². The Labute approximate surface area is 75.5 Å². The van der Waals surface area contributed by atoms with Crippen molar-refractivity contribution in [1.29, 1.82) is 0 Å². The fourth-order valence-corrected chi connectivity index (χ4v) is 0.910. The number of hydrogen-bond acceptors (Lipinski definition) is 4. The van der Waals surface area contributed by atoms with Gasteiger partial charge in [0.25, 0.3) is 0 Å². The number of aromatic nitrogens is 2. The molecule has 1 heterocycles. The Balaban J connectivity index is 2.80. The van der Waals surface area contributed by atoms with Gasteiger partial charge in [0.2, 0.25) is 5.28 Å². The molecule has 0 atom stereocenters. The summed E-state index contributed by atoms with van der Waals surface area (Å²) in [4.78, 5) is 7.58. The zero-order chi connectivity index (χ0) is 8.97. The number of halogens is 1. The first-order valence-corrected chi connectivity index (χ1v) is 3.68. The average Bonchev–Trinajstić information content (AvgIpc) is 2.10. The first-order chi connectivity index (χ1) is 5.77. The highest BCUT2D eigenvalue weighted by molar-refractivity contribution is 6.28. The van der Waals surface area contributed by atoms with E-state index in [2.05, 4.69) is 9.97 Å². The van der Waals surface area contributed by atoms with Gasteiger partial charge in [-0.15, -0.1) is 0 Å². The molecule has 0 radical (unpaired) electrons. The molecule has 12 heavy (non-hydrogen) atoms. The largest absolute Gasteiger partial charge is 0.352 e. The highest BCUT2D eigenvalue weighted by Crippen LogP contribution is 2.15. The van der Waals surface area contributed by atoms with Crippen LogP contribution in [0, 0.1) is 0 Å². The Bertz CT molecular complexity index is 236. The van der Waals surface area contributed by atoms with Crippen LogP contribution < -0.4 is 0 Å². The van der Waals surface area contributed by atoms with Gasteiger partial charge in [-0.05, 0) is 11.6 Å². The first-order valence-electron chi connectivity index (χ1n) is 3.31. The molecule has 0 unspecified atom stereocenters. The fourth-order valence-electron chi connectivity index (χ4n) is 0.812. The maximum atomic E-state index is 5.50. The first kappa shape index (κ1) is 9.38. The van der Waals surface area contributed by atoms with Gasteiger partial charge in [0.1, 0.15) is 0 Å². The van der Waals surface area contributed by atoms with Gasteiger partial charge in [-0.25, -0.2) is 9.97 Å². The number of rotatable bonds is 3. The lowest BCUT2D eigenvalue weighted by Crippen LogP contribution is -2.04. The van der Waals surface area contributed by atoms with Crippen LogP contribution in [0.3, 0.4) is 0 Å². The van der Waals surface area contributed by atoms with Gasteiger partial charge in [-0.3, -0.25) is 0 Å². The van der Waals surface area contributed by atoms with E-state index in [-0.39, 0.29) is 5.28 Å². The predicted octanol–water partition coefficient (Wildman–Crippen LogP) is 1.42. The van der Waals surface area contributed by atoms with Gasteiger partial charge in [0.05, 0.1) is 0 Å². The van der Waals surface area contributed by atoms with Crippen LogP contribution in [0.15, 0.2) is 12.4 Å². The summed E-state index contributed by atoms with van der Waals surface area (Å²) in [6.45, 7) is 0. The third-order valence-corrected chi connectivity index (χ3v) is 1.54. The highest BCUT2D eigenvalue weighted by Gasteiger charge is 2.08. The number of nitrogens with zero attached hydrogens (tertiary/aromatic N) is 2. The zero-order valence-electron chi connectivity index (χ0n) is 6.82. The molecule has 0 aliphatic heterocycles. The summed E-state index contributed by atoms with van der Waals surface area (Å²) in [5.41, 5.74) is 0.740. The number of ether oxygens (including phenoxy) is 2. The maximum Gasteiger partial charge on any atom is 0.222 e. The van der Waals surface area contributed by atoms with Crippen LogP contribution in [-0.4, -0.2) is 24.2 Å². The summed E-state index contributed by atoms with van der Waals surface area (Å²) in [5.74, 6) is 0. The minimum atomic E-state index is -0.428. The van der Waals surface area contributed by atoms with Crippen LogP contribution in [-0.2, 0) is 9.47 Å². The molecule has 0 fully saturated rings. The summed E-state index contributed by atoms with van der Waals surface area (Å²) in [6.07, 6.45) is 2.70. The summed E-state index contributed by atoms with van der Waals surface area (Å²) in [5, 5.41) is 0.213. The van der Waals surface area contributed by atoms with E-state index in [4.69, 9.17) is 21.1 Å². The number of methoxy groups -OCH3 is 2. The van der Waals surface area contributed by atoms with Crippen LogP contribution in [0.25, 0.3) is 0 Å². The van der Waals surface area contributed by atoms with Gasteiger partial charge >= 0.3 is 0 Å². The number of hydrogen-bond donors (Lipinski definition) is 0. The smallest absolute Gasteiger partial charge is 0.222 e. The second kappa shape index (κ2) is 4.35. The molecule has 5 heteroatoms. The third-order valence-electron chi connectivity index (χ3n) is 1.34. The Morgan fingerprint density at radius 2 is 1.75 bits per heavy atom. The Morgan fingerprint density at radius 3 is 2.17 bits per heavy atom. The molecule has 0 aliphatic rings. The SMILES string of the molecule is COC(OC)c1cnc(Cl)nc1. The molecule has 0 amide bonds. The molecule has 66 valence electrons. The van der Waals surface area contributed by atoms with Crippen molar-refractivity contribution in [2.75, 3.05) is 14.2 Å². The molecule has 0 saturated carbocycles. The molecule has 0 aliphatic carbocycles. The van der Waals surface area contributed by atoms with Crippen LogP contribution in [0.2, 0.25) is 5.28 Å². The summed E-state index contributed by atoms with van der Waals surface area (Å²) in [6, 6.07) is 0. The molecule has 1 aromatic rings. The molecule has 0 saturated heterocycles. The second-order valence-electron chi connectivity index (χ2n) is 2.09. The van der Waals surface area contributed by atoms with Crippen LogP contribution in [0.1, 0.15) is 11.9 Å². The molecule has 0 N–H and O–H groups in total. The average molecular weight is 189 g/mol. The molecule has 0 spiro atoms. The fraction of sp³-hybridized carbons (Fsp3) is 0.429. The lowest BCUT2D eigenvalue weighted by atomic mass is 10.3. The molecule has 0 aromatic carbocycles. The lowest BCUT2D eigenvalue weighted by Gasteiger charge is -2.11. The van der Waals surface area contributed by atoms with E-state index in [0.29, 0.717) is 0 Å². The van der Waals surface area contributed by atoms with E-state index in [1.165, 1.54) is 0 Å². The van der Waals surface area contributed by atoms with E-state index in [1.54, 1.807) is 26.6 Å². The van der Waals surface area contributed by atoms with Crippen LogP contribution >= 0.6 is 11.6 Å². The van der Waals surface area contributed by atoms with Crippen molar-refractivity contribution in [2.45, 2.75) is 6.29 Å². The molecular formula is C7H9ClN2O2. The molecule has 1 rings (SSSR count). The van der Waals surface area contributed by atoms with Gasteiger partial charge in [-0.1, -0.05) is 0 Å². The van der Waals surface area contributed by atoms with E-state index in [0.717, 1.165) is 5.56 Å². The molecule has 4 nitrogen and oxygen atoms in total. The van der Waals surface area contributed by atoms with Crippen molar-refractivity contribution in [2.24, 2.45) is 0 Å². The van der Waals surface area contributed by atoms with Crippen molar-refractivity contribution in [3.63, 3.8) is 0 Å². The minimum Gasteiger partial charge on any atom is -0.352 e. The summed E-state index contributed by atoms with van der Waals surface area (Å²) >= 11 is 5.50. The second-order valence-corrected chi connectivity index (χ2v) is 2.43. The quantitative estimate of drug-likeness (QED) is 0.532. The Morgan fingerprint density at radius 1 is 1.25 bits per heavy atom. The van der Waals surface area contributed by atoms with Crippen molar-refractivity contribution < 1.29 is 9.47 Å². The van der Waals surface area contributed by atoms with Crippen molar-refractivity contribution >= 4 is 11.6 Å².